The van der Waals surface area contributed by atoms with Crippen molar-refractivity contribution in [1.29, 1.82) is 0 Å². The molecule has 0 aliphatic carbocycles. The van der Waals surface area contributed by atoms with Crippen molar-refractivity contribution in [1.82, 2.24) is 0 Å². The number of nitrogens with zero attached hydrogens (tertiary/aromatic N) is 1. The molecule has 0 atom stereocenters. The molecule has 0 bridgehead atoms. The Labute approximate surface area is 133 Å². The van der Waals surface area contributed by atoms with Gasteiger partial charge in [-0.15, -0.1) is 0 Å². The smallest absolute Gasteiger partial charge is 0.307 e. The van der Waals surface area contributed by atoms with E-state index < -0.39 is 0 Å². The summed E-state index contributed by atoms with van der Waals surface area (Å²) in [5.41, 5.74) is 4.07. The molecule has 22 heavy (non-hydrogen) atoms. The highest BCUT2D eigenvalue weighted by molar-refractivity contribution is 6.02. The van der Waals surface area contributed by atoms with E-state index in [1.54, 1.807) is 0 Å². The number of hydrogen-bond donors (Lipinski definition) is 1. The number of amides is 2. The number of aryl methyl sites for hydroxylation is 2. The SMILES string of the molecule is CCCCN(C(=O)Nc1ccc(C)cc1C)c1ccccc1. The zero-order valence-corrected chi connectivity index (χ0v) is 13.6. The minimum Gasteiger partial charge on any atom is -0.307 e. The van der Waals surface area contributed by atoms with Crippen LogP contribution in [0, 0.1) is 13.8 Å². The van der Waals surface area contributed by atoms with Gasteiger partial charge >= 0.3 is 6.03 Å². The van der Waals surface area contributed by atoms with E-state index in [-0.39, 0.29) is 6.03 Å². The second kappa shape index (κ2) is 7.64. The van der Waals surface area contributed by atoms with E-state index in [4.69, 9.17) is 0 Å². The average Bonchev–Trinajstić information content (AvgIpc) is 2.51. The van der Waals surface area contributed by atoms with Gasteiger partial charge in [0.1, 0.15) is 0 Å². The van der Waals surface area contributed by atoms with Crippen molar-refractivity contribution in [2.24, 2.45) is 0 Å². The molecule has 0 unspecified atom stereocenters. The van der Waals surface area contributed by atoms with Crippen LogP contribution in [0.2, 0.25) is 0 Å². The molecule has 0 radical (unpaired) electrons. The van der Waals surface area contributed by atoms with E-state index in [0.29, 0.717) is 0 Å². The Morgan fingerprint density at radius 3 is 2.45 bits per heavy atom. The molecule has 0 aromatic heterocycles. The second-order valence-electron chi connectivity index (χ2n) is 5.59. The number of benzene rings is 2. The van der Waals surface area contributed by atoms with Crippen molar-refractivity contribution in [3.63, 3.8) is 0 Å². The lowest BCUT2D eigenvalue weighted by Crippen LogP contribution is -2.36. The number of nitrogens with one attached hydrogen (secondary N) is 1. The Morgan fingerprint density at radius 1 is 1.09 bits per heavy atom. The summed E-state index contributed by atoms with van der Waals surface area (Å²) in [7, 11) is 0. The predicted octanol–water partition coefficient (Wildman–Crippen LogP) is 5.14. The van der Waals surface area contributed by atoms with E-state index in [2.05, 4.69) is 25.2 Å². The molecular formula is C19H24N2O. The van der Waals surface area contributed by atoms with Gasteiger partial charge in [0.25, 0.3) is 0 Å². The van der Waals surface area contributed by atoms with Gasteiger partial charge in [0.05, 0.1) is 0 Å². The van der Waals surface area contributed by atoms with Crippen LogP contribution in [0.3, 0.4) is 0 Å². The Kier molecular flexibility index (Phi) is 5.59. The fourth-order valence-corrected chi connectivity index (χ4v) is 2.41. The minimum atomic E-state index is -0.0772. The Hall–Kier alpha value is -2.29. The van der Waals surface area contributed by atoms with E-state index in [9.17, 15) is 4.79 Å². The summed E-state index contributed by atoms with van der Waals surface area (Å²) in [6, 6.07) is 15.8. The summed E-state index contributed by atoms with van der Waals surface area (Å²) in [5.74, 6) is 0. The Bertz CT molecular complexity index is 623. The number of carbonyl (C=O) groups is 1. The van der Waals surface area contributed by atoms with Crippen molar-refractivity contribution in [3.8, 4) is 0 Å². The highest BCUT2D eigenvalue weighted by Crippen LogP contribution is 2.19. The van der Waals surface area contributed by atoms with E-state index in [1.807, 2.05) is 54.3 Å². The largest absolute Gasteiger partial charge is 0.326 e. The van der Waals surface area contributed by atoms with Gasteiger partial charge in [0.2, 0.25) is 0 Å². The first-order chi connectivity index (χ1) is 10.6. The standard InChI is InChI=1S/C19H24N2O/c1-4-5-13-21(17-9-7-6-8-10-17)19(22)20-18-12-11-15(2)14-16(18)3/h6-12,14H,4-5,13H2,1-3H3,(H,20,22). The molecule has 0 saturated carbocycles. The van der Waals surface area contributed by atoms with Crippen molar-refractivity contribution in [3.05, 3.63) is 59.7 Å². The van der Waals surface area contributed by atoms with E-state index in [1.165, 1.54) is 5.56 Å². The number of anilines is 2. The fraction of sp³-hybridized carbons (Fsp3) is 0.316. The summed E-state index contributed by atoms with van der Waals surface area (Å²) in [6.07, 6.45) is 2.04. The first-order valence-electron chi connectivity index (χ1n) is 7.82. The number of urea groups is 1. The van der Waals surface area contributed by atoms with Crippen LogP contribution in [0.15, 0.2) is 48.5 Å². The molecule has 0 fully saturated rings. The molecule has 2 rings (SSSR count). The molecule has 116 valence electrons. The average molecular weight is 296 g/mol. The molecular weight excluding hydrogens is 272 g/mol. The molecule has 3 nitrogen and oxygen atoms in total. The van der Waals surface area contributed by atoms with E-state index in [0.717, 1.165) is 36.3 Å². The Balaban J connectivity index is 2.18. The molecule has 2 aromatic rings. The first kappa shape index (κ1) is 16.1. The maximum atomic E-state index is 12.7. The van der Waals surface area contributed by atoms with Gasteiger partial charge in [-0.25, -0.2) is 4.79 Å². The lowest BCUT2D eigenvalue weighted by molar-refractivity contribution is 0.256. The molecule has 2 aromatic carbocycles. The lowest BCUT2D eigenvalue weighted by Gasteiger charge is -2.23. The second-order valence-corrected chi connectivity index (χ2v) is 5.59. The maximum Gasteiger partial charge on any atom is 0.326 e. The van der Waals surface area contributed by atoms with Crippen molar-refractivity contribution < 1.29 is 4.79 Å². The third-order valence-corrected chi connectivity index (χ3v) is 3.67. The molecule has 2 amide bonds. The van der Waals surface area contributed by atoms with Gasteiger partial charge in [-0.05, 0) is 44.0 Å². The van der Waals surface area contributed by atoms with Gasteiger partial charge < -0.3 is 5.32 Å². The van der Waals surface area contributed by atoms with E-state index >= 15 is 0 Å². The molecule has 1 N–H and O–H groups in total. The van der Waals surface area contributed by atoms with Crippen LogP contribution in [0.5, 0.6) is 0 Å². The monoisotopic (exact) mass is 296 g/mol. The van der Waals surface area contributed by atoms with Gasteiger partial charge in [0, 0.05) is 17.9 Å². The minimum absolute atomic E-state index is 0.0772. The topological polar surface area (TPSA) is 32.3 Å². The summed E-state index contributed by atoms with van der Waals surface area (Å²) >= 11 is 0. The predicted molar refractivity (Wildman–Crippen MR) is 93.6 cm³/mol. The maximum absolute atomic E-state index is 12.7. The highest BCUT2D eigenvalue weighted by atomic mass is 16.2. The molecule has 0 saturated heterocycles. The first-order valence-corrected chi connectivity index (χ1v) is 7.82. The summed E-state index contributed by atoms with van der Waals surface area (Å²) < 4.78 is 0. The number of carbonyl (C=O) groups excluding carboxylic acids is 1. The van der Waals surface area contributed by atoms with Gasteiger partial charge in [-0.2, -0.15) is 0 Å². The van der Waals surface area contributed by atoms with Crippen LogP contribution >= 0.6 is 0 Å². The number of hydrogen-bond acceptors (Lipinski definition) is 1. The molecule has 0 spiro atoms. The number of unbranched alkanes of at least 4 members (excludes halogenated alkanes) is 1. The van der Waals surface area contributed by atoms with Crippen LogP contribution in [0.1, 0.15) is 30.9 Å². The summed E-state index contributed by atoms with van der Waals surface area (Å²) in [4.78, 5) is 14.5. The third-order valence-electron chi connectivity index (χ3n) is 3.67. The lowest BCUT2D eigenvalue weighted by atomic mass is 10.1. The zero-order chi connectivity index (χ0) is 15.9. The summed E-state index contributed by atoms with van der Waals surface area (Å²) in [6.45, 7) is 6.92. The van der Waals surface area contributed by atoms with Crippen LogP contribution in [0.25, 0.3) is 0 Å². The van der Waals surface area contributed by atoms with Crippen LogP contribution in [0.4, 0.5) is 16.2 Å². The molecule has 0 heterocycles. The molecule has 3 heteroatoms. The Morgan fingerprint density at radius 2 is 1.82 bits per heavy atom. The quantitative estimate of drug-likeness (QED) is 0.813. The normalized spacial score (nSPS) is 10.3. The van der Waals surface area contributed by atoms with Crippen molar-refractivity contribution in [2.75, 3.05) is 16.8 Å². The van der Waals surface area contributed by atoms with Gasteiger partial charge in [-0.3, -0.25) is 4.90 Å². The fourth-order valence-electron chi connectivity index (χ4n) is 2.41. The zero-order valence-electron chi connectivity index (χ0n) is 13.6. The van der Waals surface area contributed by atoms with Gasteiger partial charge in [0.15, 0.2) is 0 Å². The molecule has 0 aliphatic heterocycles. The third kappa shape index (κ3) is 4.10. The van der Waals surface area contributed by atoms with Crippen molar-refractivity contribution >= 4 is 17.4 Å². The van der Waals surface area contributed by atoms with Gasteiger partial charge in [-0.1, -0.05) is 49.2 Å². The van der Waals surface area contributed by atoms with Crippen LogP contribution in [-0.2, 0) is 0 Å². The van der Waals surface area contributed by atoms with Crippen LogP contribution < -0.4 is 10.2 Å². The molecule has 0 aliphatic rings. The highest BCUT2D eigenvalue weighted by Gasteiger charge is 2.15. The van der Waals surface area contributed by atoms with Crippen LogP contribution in [-0.4, -0.2) is 12.6 Å². The number of rotatable bonds is 5. The summed E-state index contributed by atoms with van der Waals surface area (Å²) in [5, 5.41) is 3.03. The van der Waals surface area contributed by atoms with Crippen molar-refractivity contribution in [2.45, 2.75) is 33.6 Å². The number of para-hydroxylation sites is 1.